The molecule has 0 atom stereocenters. The van der Waals surface area contributed by atoms with Crippen molar-refractivity contribution in [3.8, 4) is 5.88 Å². The van der Waals surface area contributed by atoms with Gasteiger partial charge < -0.3 is 9.47 Å². The number of rotatable bonds is 3. The molecule has 7 nitrogen and oxygen atoms in total. The molecule has 0 aromatic carbocycles. The first-order valence-electron chi connectivity index (χ1n) is 3.90. The number of aromatic nitrogens is 1. The van der Waals surface area contributed by atoms with Gasteiger partial charge in [-0.25, -0.2) is 9.78 Å². The Hall–Kier alpha value is -2.27. The van der Waals surface area contributed by atoms with E-state index in [9.17, 15) is 4.79 Å². The highest BCUT2D eigenvalue weighted by Crippen LogP contribution is 2.21. The molecule has 1 aromatic rings. The first-order valence-corrected chi connectivity index (χ1v) is 3.90. The zero-order valence-corrected chi connectivity index (χ0v) is 8.17. The van der Waals surface area contributed by atoms with Crippen molar-refractivity contribution in [3.63, 3.8) is 0 Å². The van der Waals surface area contributed by atoms with E-state index in [-0.39, 0.29) is 17.1 Å². The first-order chi connectivity index (χ1) is 7.22. The summed E-state index contributed by atoms with van der Waals surface area (Å²) in [5.74, 6) is -0.479. The largest absolute Gasteiger partial charge is 0.480 e. The third kappa shape index (κ3) is 2.35. The molecule has 0 N–H and O–H groups in total. The number of ether oxygens (including phenoxy) is 2. The summed E-state index contributed by atoms with van der Waals surface area (Å²) in [7, 11) is 2.62. The molecule has 0 amide bonds. The number of azide groups is 1. The van der Waals surface area contributed by atoms with Crippen LogP contribution in [0.3, 0.4) is 0 Å². The summed E-state index contributed by atoms with van der Waals surface area (Å²) in [6, 6.07) is 1.34. The Morgan fingerprint density at radius 2 is 2.33 bits per heavy atom. The van der Waals surface area contributed by atoms with Crippen LogP contribution >= 0.6 is 0 Å². The quantitative estimate of drug-likeness (QED) is 0.327. The van der Waals surface area contributed by atoms with E-state index in [1.807, 2.05) is 0 Å². The Morgan fingerprint density at radius 1 is 1.60 bits per heavy atom. The molecule has 0 saturated heterocycles. The van der Waals surface area contributed by atoms with Crippen LogP contribution in [0.2, 0.25) is 0 Å². The highest BCUT2D eigenvalue weighted by Gasteiger charge is 2.14. The fourth-order valence-electron chi connectivity index (χ4n) is 0.966. The molecule has 1 rings (SSSR count). The van der Waals surface area contributed by atoms with Gasteiger partial charge in [0.15, 0.2) is 0 Å². The van der Waals surface area contributed by atoms with Crippen LogP contribution < -0.4 is 4.74 Å². The Kier molecular flexibility index (Phi) is 3.48. The van der Waals surface area contributed by atoms with Crippen molar-refractivity contribution in [1.82, 2.24) is 4.98 Å². The normalized spacial score (nSPS) is 8.93. The van der Waals surface area contributed by atoms with E-state index >= 15 is 0 Å². The van der Waals surface area contributed by atoms with Crippen LogP contribution in [0.1, 0.15) is 10.4 Å². The van der Waals surface area contributed by atoms with Crippen molar-refractivity contribution in [2.24, 2.45) is 5.11 Å². The van der Waals surface area contributed by atoms with E-state index in [2.05, 4.69) is 19.7 Å². The maximum absolute atomic E-state index is 11.3. The monoisotopic (exact) mass is 208 g/mol. The van der Waals surface area contributed by atoms with Crippen LogP contribution in [0.5, 0.6) is 5.88 Å². The standard InChI is InChI=1S/C8H8N4O3/c1-14-7-6(8(13)15-2)3-5(4-10-7)11-12-9/h3-4H,1-2H3. The van der Waals surface area contributed by atoms with Gasteiger partial charge in [-0.2, -0.15) is 0 Å². The Bertz CT molecular complexity index is 426. The third-order valence-corrected chi connectivity index (χ3v) is 1.60. The van der Waals surface area contributed by atoms with Crippen LogP contribution in [0.15, 0.2) is 17.4 Å². The molecule has 0 fully saturated rings. The van der Waals surface area contributed by atoms with Gasteiger partial charge in [0.1, 0.15) is 5.56 Å². The molecule has 0 bridgehead atoms. The molecule has 0 aliphatic rings. The molecule has 0 aliphatic heterocycles. The minimum absolute atomic E-state index is 0.116. The molecule has 0 spiro atoms. The molecular formula is C8H8N4O3. The molecule has 0 unspecified atom stereocenters. The van der Waals surface area contributed by atoms with Gasteiger partial charge in [0.25, 0.3) is 0 Å². The highest BCUT2D eigenvalue weighted by molar-refractivity contribution is 5.92. The molecule has 1 heterocycles. The molecule has 0 aliphatic carbocycles. The summed E-state index contributed by atoms with van der Waals surface area (Å²) < 4.78 is 9.37. The number of carbonyl (C=O) groups excluding carboxylic acids is 1. The second kappa shape index (κ2) is 4.83. The summed E-state index contributed by atoms with van der Waals surface area (Å²) in [6.45, 7) is 0. The molecule has 7 heteroatoms. The van der Waals surface area contributed by atoms with Gasteiger partial charge in [0.05, 0.1) is 19.9 Å². The van der Waals surface area contributed by atoms with Crippen molar-refractivity contribution in [3.05, 3.63) is 28.3 Å². The van der Waals surface area contributed by atoms with E-state index in [1.54, 1.807) is 0 Å². The van der Waals surface area contributed by atoms with Crippen molar-refractivity contribution in [1.29, 1.82) is 0 Å². The summed E-state index contributed by atoms with van der Waals surface area (Å²) in [6.07, 6.45) is 1.30. The summed E-state index contributed by atoms with van der Waals surface area (Å²) >= 11 is 0. The van der Waals surface area contributed by atoms with Crippen LogP contribution in [0.25, 0.3) is 10.4 Å². The maximum Gasteiger partial charge on any atom is 0.343 e. The smallest absolute Gasteiger partial charge is 0.343 e. The average molecular weight is 208 g/mol. The lowest BCUT2D eigenvalue weighted by Crippen LogP contribution is -2.05. The molecule has 1 aromatic heterocycles. The Labute approximate surface area is 85.3 Å². The number of esters is 1. The van der Waals surface area contributed by atoms with Crippen LogP contribution in [-0.4, -0.2) is 25.2 Å². The number of hydrogen-bond donors (Lipinski definition) is 0. The zero-order chi connectivity index (χ0) is 11.3. The summed E-state index contributed by atoms with van der Waals surface area (Å²) in [5.41, 5.74) is 8.55. The lowest BCUT2D eigenvalue weighted by Gasteiger charge is -2.05. The van der Waals surface area contributed by atoms with Gasteiger partial charge >= 0.3 is 5.97 Å². The van der Waals surface area contributed by atoms with Crippen molar-refractivity contribution >= 4 is 11.7 Å². The first kappa shape index (κ1) is 10.8. The number of nitrogens with zero attached hydrogens (tertiary/aromatic N) is 4. The number of methoxy groups -OCH3 is 2. The minimum Gasteiger partial charge on any atom is -0.480 e. The number of pyridine rings is 1. The lowest BCUT2D eigenvalue weighted by molar-refractivity contribution is 0.0596. The topological polar surface area (TPSA) is 97.2 Å². The SMILES string of the molecule is COC(=O)c1cc(N=[N+]=[N-])cnc1OC. The third-order valence-electron chi connectivity index (χ3n) is 1.60. The van der Waals surface area contributed by atoms with Crippen molar-refractivity contribution in [2.45, 2.75) is 0 Å². The van der Waals surface area contributed by atoms with E-state index in [0.717, 1.165) is 0 Å². The molecule has 15 heavy (non-hydrogen) atoms. The fourth-order valence-corrected chi connectivity index (χ4v) is 0.966. The highest BCUT2D eigenvalue weighted by atomic mass is 16.5. The van der Waals surface area contributed by atoms with Gasteiger partial charge in [-0.15, -0.1) is 0 Å². The predicted octanol–water partition coefficient (Wildman–Crippen LogP) is 1.82. The van der Waals surface area contributed by atoms with E-state index in [0.29, 0.717) is 0 Å². The molecule has 78 valence electrons. The van der Waals surface area contributed by atoms with Crippen LogP contribution in [0, 0.1) is 0 Å². The van der Waals surface area contributed by atoms with Gasteiger partial charge in [0, 0.05) is 11.1 Å². The average Bonchev–Trinajstić information content (AvgIpc) is 2.28. The minimum atomic E-state index is -0.602. The predicted molar refractivity (Wildman–Crippen MR) is 50.9 cm³/mol. The molecule has 0 radical (unpaired) electrons. The Morgan fingerprint density at radius 3 is 2.87 bits per heavy atom. The molecule has 0 saturated carbocycles. The second-order valence-corrected chi connectivity index (χ2v) is 2.43. The second-order valence-electron chi connectivity index (χ2n) is 2.43. The zero-order valence-electron chi connectivity index (χ0n) is 8.17. The van der Waals surface area contributed by atoms with Gasteiger partial charge in [0.2, 0.25) is 5.88 Å². The summed E-state index contributed by atoms with van der Waals surface area (Å²) in [5, 5.41) is 3.31. The van der Waals surface area contributed by atoms with Gasteiger partial charge in [-0.05, 0) is 11.6 Å². The fraction of sp³-hybridized carbons (Fsp3) is 0.250. The van der Waals surface area contributed by atoms with Crippen molar-refractivity contribution in [2.75, 3.05) is 14.2 Å². The van der Waals surface area contributed by atoms with E-state index in [1.165, 1.54) is 26.5 Å². The maximum atomic E-state index is 11.3. The number of hydrogen-bond acceptors (Lipinski definition) is 5. The Balaban J connectivity index is 3.24. The van der Waals surface area contributed by atoms with E-state index in [4.69, 9.17) is 10.3 Å². The van der Waals surface area contributed by atoms with Gasteiger partial charge in [-0.3, -0.25) is 0 Å². The van der Waals surface area contributed by atoms with Gasteiger partial charge in [-0.1, -0.05) is 5.11 Å². The van der Waals surface area contributed by atoms with E-state index < -0.39 is 5.97 Å². The van der Waals surface area contributed by atoms with Crippen LogP contribution in [-0.2, 0) is 4.74 Å². The molecular weight excluding hydrogens is 200 g/mol. The number of carbonyl (C=O) groups is 1. The summed E-state index contributed by atoms with van der Waals surface area (Å²) in [4.78, 5) is 17.6. The van der Waals surface area contributed by atoms with Crippen LogP contribution in [0.4, 0.5) is 5.69 Å². The van der Waals surface area contributed by atoms with Crippen molar-refractivity contribution < 1.29 is 14.3 Å². The lowest BCUT2D eigenvalue weighted by atomic mass is 10.2.